The summed E-state index contributed by atoms with van der Waals surface area (Å²) in [5.41, 5.74) is 2.07. The summed E-state index contributed by atoms with van der Waals surface area (Å²) in [5, 5.41) is 9.15. The van der Waals surface area contributed by atoms with Crippen LogP contribution in [0.2, 0.25) is 5.02 Å². The van der Waals surface area contributed by atoms with Crippen molar-refractivity contribution >= 4 is 17.6 Å². The van der Waals surface area contributed by atoms with Crippen LogP contribution in [0.15, 0.2) is 30.5 Å². The van der Waals surface area contributed by atoms with E-state index in [0.717, 1.165) is 11.1 Å². The van der Waals surface area contributed by atoms with E-state index in [-0.39, 0.29) is 16.5 Å². The molecule has 0 fully saturated rings. The smallest absolute Gasteiger partial charge is 0.337 e. The predicted molar refractivity (Wildman–Crippen MR) is 81.5 cm³/mol. The maximum absolute atomic E-state index is 11.1. The molecule has 0 amide bonds. The minimum Gasteiger partial charge on any atom is -0.478 e. The lowest BCUT2D eigenvalue weighted by molar-refractivity contribution is 0.0696. The van der Waals surface area contributed by atoms with E-state index in [1.165, 1.54) is 12.3 Å². The summed E-state index contributed by atoms with van der Waals surface area (Å²) in [7, 11) is 0. The second kappa shape index (κ2) is 6.14. The van der Waals surface area contributed by atoms with Crippen molar-refractivity contribution in [3.8, 4) is 11.6 Å². The van der Waals surface area contributed by atoms with E-state index in [1.54, 1.807) is 0 Å². The highest BCUT2D eigenvalue weighted by molar-refractivity contribution is 6.33. The van der Waals surface area contributed by atoms with Crippen molar-refractivity contribution in [3.05, 3.63) is 52.2 Å². The van der Waals surface area contributed by atoms with Gasteiger partial charge in [0.15, 0.2) is 0 Å². The van der Waals surface area contributed by atoms with Gasteiger partial charge in [0, 0.05) is 6.07 Å². The number of aromatic nitrogens is 1. The fraction of sp³-hybridized carbons (Fsp3) is 0.250. The number of aryl methyl sites for hydroxylation is 1. The van der Waals surface area contributed by atoms with Crippen LogP contribution in [0.5, 0.6) is 11.6 Å². The summed E-state index contributed by atoms with van der Waals surface area (Å²) in [6.45, 7) is 6.11. The summed E-state index contributed by atoms with van der Waals surface area (Å²) in [6.07, 6.45) is 1.28. The zero-order chi connectivity index (χ0) is 15.6. The average Bonchev–Trinajstić information content (AvgIpc) is 2.42. The highest BCUT2D eigenvalue weighted by atomic mass is 35.5. The van der Waals surface area contributed by atoms with Gasteiger partial charge in [-0.3, -0.25) is 0 Å². The van der Waals surface area contributed by atoms with E-state index in [2.05, 4.69) is 18.8 Å². The second-order valence-corrected chi connectivity index (χ2v) is 5.50. The molecule has 110 valence electrons. The molecule has 21 heavy (non-hydrogen) atoms. The largest absolute Gasteiger partial charge is 0.478 e. The molecule has 5 heteroatoms. The number of carbonyl (C=O) groups is 1. The number of carboxylic acid groups (broad SMARTS) is 1. The van der Waals surface area contributed by atoms with Crippen LogP contribution in [0.25, 0.3) is 0 Å². The molecule has 0 aliphatic carbocycles. The first-order valence-corrected chi connectivity index (χ1v) is 6.93. The Labute approximate surface area is 128 Å². The van der Waals surface area contributed by atoms with Gasteiger partial charge in [0.05, 0.1) is 16.8 Å². The molecule has 2 aromatic rings. The summed E-state index contributed by atoms with van der Waals surface area (Å²) in [5.74, 6) is 0.133. The summed E-state index contributed by atoms with van der Waals surface area (Å²) in [4.78, 5) is 15.1. The molecule has 0 radical (unpaired) electrons. The first-order valence-electron chi connectivity index (χ1n) is 6.55. The Morgan fingerprint density at radius 3 is 2.67 bits per heavy atom. The van der Waals surface area contributed by atoms with Crippen molar-refractivity contribution in [2.45, 2.75) is 26.7 Å². The van der Waals surface area contributed by atoms with Crippen LogP contribution in [0.1, 0.15) is 41.3 Å². The van der Waals surface area contributed by atoms with E-state index in [1.807, 2.05) is 25.1 Å². The third-order valence-electron chi connectivity index (χ3n) is 3.15. The summed E-state index contributed by atoms with van der Waals surface area (Å²) >= 11 is 5.79. The van der Waals surface area contributed by atoms with Crippen LogP contribution in [0.3, 0.4) is 0 Å². The van der Waals surface area contributed by atoms with Crippen molar-refractivity contribution in [2.24, 2.45) is 0 Å². The Kier molecular flexibility index (Phi) is 4.48. The molecule has 1 N–H and O–H groups in total. The van der Waals surface area contributed by atoms with E-state index in [0.29, 0.717) is 11.7 Å². The summed E-state index contributed by atoms with van der Waals surface area (Å²) < 4.78 is 5.71. The molecule has 1 aromatic carbocycles. The second-order valence-electron chi connectivity index (χ2n) is 5.09. The molecule has 0 aliphatic heterocycles. The molecule has 0 saturated heterocycles. The van der Waals surface area contributed by atoms with E-state index in [9.17, 15) is 4.79 Å². The topological polar surface area (TPSA) is 59.4 Å². The Morgan fingerprint density at radius 1 is 1.33 bits per heavy atom. The van der Waals surface area contributed by atoms with Crippen LogP contribution in [-0.4, -0.2) is 16.1 Å². The van der Waals surface area contributed by atoms with Gasteiger partial charge in [-0.1, -0.05) is 37.6 Å². The van der Waals surface area contributed by atoms with Gasteiger partial charge >= 0.3 is 5.97 Å². The normalized spacial score (nSPS) is 10.7. The van der Waals surface area contributed by atoms with E-state index >= 15 is 0 Å². The number of nitrogens with zero attached hydrogens (tertiary/aromatic N) is 1. The summed E-state index contributed by atoms with van der Waals surface area (Å²) in [6, 6.07) is 7.28. The number of hydrogen-bond acceptors (Lipinski definition) is 3. The molecule has 1 aromatic heterocycles. The third-order valence-corrected chi connectivity index (χ3v) is 3.46. The number of carboxylic acids is 1. The predicted octanol–water partition coefficient (Wildman–Crippen LogP) is 4.66. The van der Waals surface area contributed by atoms with E-state index in [4.69, 9.17) is 21.4 Å². The lowest BCUT2D eigenvalue weighted by Crippen LogP contribution is -2.00. The molecule has 0 spiro atoms. The number of pyridine rings is 1. The molecule has 0 unspecified atom stereocenters. The quantitative estimate of drug-likeness (QED) is 0.892. The van der Waals surface area contributed by atoms with Gasteiger partial charge in [0.1, 0.15) is 5.75 Å². The lowest BCUT2D eigenvalue weighted by Gasteiger charge is -2.12. The fourth-order valence-corrected chi connectivity index (χ4v) is 2.02. The minimum atomic E-state index is -1.11. The zero-order valence-electron chi connectivity index (χ0n) is 12.1. The molecule has 0 aliphatic rings. The standard InChI is InChI=1S/C16H16ClNO3/c1-9(2)11-5-4-10(3)14(6-11)21-15-7-12(16(19)20)13(17)8-18-15/h4-9H,1-3H3,(H,19,20). The maximum atomic E-state index is 11.1. The van der Waals surface area contributed by atoms with Crippen molar-refractivity contribution < 1.29 is 14.6 Å². The lowest BCUT2D eigenvalue weighted by atomic mass is 10.0. The highest BCUT2D eigenvalue weighted by Gasteiger charge is 2.13. The number of hydrogen-bond donors (Lipinski definition) is 1. The van der Waals surface area contributed by atoms with Crippen LogP contribution >= 0.6 is 11.6 Å². The first kappa shape index (κ1) is 15.3. The SMILES string of the molecule is Cc1ccc(C(C)C)cc1Oc1cc(C(=O)O)c(Cl)cn1. The van der Waals surface area contributed by atoms with Crippen molar-refractivity contribution in [1.82, 2.24) is 4.98 Å². The van der Waals surface area contributed by atoms with Crippen molar-refractivity contribution in [2.75, 3.05) is 0 Å². The zero-order valence-corrected chi connectivity index (χ0v) is 12.8. The number of rotatable bonds is 4. The van der Waals surface area contributed by atoms with Crippen molar-refractivity contribution in [1.29, 1.82) is 0 Å². The van der Waals surface area contributed by atoms with Crippen LogP contribution in [0, 0.1) is 6.92 Å². The molecule has 1 heterocycles. The third kappa shape index (κ3) is 3.52. The van der Waals surface area contributed by atoms with Gasteiger partial charge in [-0.15, -0.1) is 0 Å². The van der Waals surface area contributed by atoms with Gasteiger partial charge in [-0.2, -0.15) is 0 Å². The number of ether oxygens (including phenoxy) is 1. The van der Waals surface area contributed by atoms with Gasteiger partial charge in [-0.05, 0) is 30.0 Å². The number of halogens is 1. The molecular formula is C16H16ClNO3. The van der Waals surface area contributed by atoms with Crippen LogP contribution < -0.4 is 4.74 Å². The first-order chi connectivity index (χ1) is 9.88. The Balaban J connectivity index is 2.36. The Morgan fingerprint density at radius 2 is 2.05 bits per heavy atom. The molecule has 0 saturated carbocycles. The molecule has 0 bridgehead atoms. The number of aromatic carboxylic acids is 1. The fourth-order valence-electron chi connectivity index (χ4n) is 1.84. The highest BCUT2D eigenvalue weighted by Crippen LogP contribution is 2.29. The van der Waals surface area contributed by atoms with Gasteiger partial charge in [0.25, 0.3) is 0 Å². The Bertz CT molecular complexity index is 683. The van der Waals surface area contributed by atoms with Crippen molar-refractivity contribution in [3.63, 3.8) is 0 Å². The van der Waals surface area contributed by atoms with Crippen LogP contribution in [0.4, 0.5) is 0 Å². The van der Waals surface area contributed by atoms with Gasteiger partial charge in [0.2, 0.25) is 5.88 Å². The van der Waals surface area contributed by atoms with Crippen LogP contribution in [-0.2, 0) is 0 Å². The van der Waals surface area contributed by atoms with Gasteiger partial charge in [-0.25, -0.2) is 9.78 Å². The minimum absolute atomic E-state index is 0.0284. The maximum Gasteiger partial charge on any atom is 0.337 e. The Hall–Kier alpha value is -2.07. The monoisotopic (exact) mass is 305 g/mol. The molecular weight excluding hydrogens is 290 g/mol. The molecule has 0 atom stereocenters. The molecule has 4 nitrogen and oxygen atoms in total. The average molecular weight is 306 g/mol. The molecule has 2 rings (SSSR count). The van der Waals surface area contributed by atoms with Gasteiger partial charge < -0.3 is 9.84 Å². The number of benzene rings is 1. The van der Waals surface area contributed by atoms with E-state index < -0.39 is 5.97 Å².